The van der Waals surface area contributed by atoms with Gasteiger partial charge in [-0.15, -0.1) is 0 Å². The maximum absolute atomic E-state index is 12.8. The van der Waals surface area contributed by atoms with Crippen LogP contribution in [0.1, 0.15) is 25.8 Å². The van der Waals surface area contributed by atoms with Crippen molar-refractivity contribution in [2.24, 2.45) is 11.7 Å². The number of nitrogens with one attached hydrogen (secondary N) is 2. The highest BCUT2D eigenvalue weighted by atomic mass is 19.1. The van der Waals surface area contributed by atoms with E-state index < -0.39 is 12.1 Å². The Morgan fingerprint density at radius 2 is 1.86 bits per heavy atom. The second kappa shape index (κ2) is 8.24. The summed E-state index contributed by atoms with van der Waals surface area (Å²) in [4.78, 5) is 22.9. The van der Waals surface area contributed by atoms with E-state index in [1.807, 2.05) is 13.8 Å². The van der Waals surface area contributed by atoms with Crippen LogP contribution in [0.2, 0.25) is 0 Å². The molecule has 0 fully saturated rings. The largest absolute Gasteiger partial charge is 0.354 e. The van der Waals surface area contributed by atoms with Gasteiger partial charge in [0, 0.05) is 6.54 Å². The number of urea groups is 1. The molecule has 116 valence electrons. The fourth-order valence-electron chi connectivity index (χ4n) is 1.98. The Morgan fingerprint density at radius 1 is 1.24 bits per heavy atom. The van der Waals surface area contributed by atoms with Gasteiger partial charge in [-0.1, -0.05) is 26.0 Å². The molecule has 0 saturated carbocycles. The number of hydrogen-bond donors (Lipinski definition) is 3. The highest BCUT2D eigenvalue weighted by Gasteiger charge is 2.20. The lowest BCUT2D eigenvalue weighted by molar-refractivity contribution is -0.123. The fourth-order valence-corrected chi connectivity index (χ4v) is 1.98. The average molecular weight is 295 g/mol. The number of hydrogen-bond acceptors (Lipinski definition) is 2. The van der Waals surface area contributed by atoms with E-state index in [4.69, 9.17) is 5.73 Å². The maximum Gasteiger partial charge on any atom is 0.312 e. The number of nitrogens with two attached hydrogens (primary N) is 1. The van der Waals surface area contributed by atoms with Crippen LogP contribution in [0.4, 0.5) is 9.18 Å². The molecule has 0 saturated heterocycles. The summed E-state index contributed by atoms with van der Waals surface area (Å²) >= 11 is 0. The summed E-state index contributed by atoms with van der Waals surface area (Å²) < 4.78 is 12.8. The number of primary amides is 1. The van der Waals surface area contributed by atoms with Gasteiger partial charge in [0.15, 0.2) is 0 Å². The quantitative estimate of drug-likeness (QED) is 0.713. The van der Waals surface area contributed by atoms with E-state index in [2.05, 4.69) is 10.6 Å². The number of benzene rings is 1. The summed E-state index contributed by atoms with van der Waals surface area (Å²) in [7, 11) is 0. The van der Waals surface area contributed by atoms with Gasteiger partial charge in [0.1, 0.15) is 11.9 Å². The van der Waals surface area contributed by atoms with Gasteiger partial charge in [-0.25, -0.2) is 9.18 Å². The van der Waals surface area contributed by atoms with Crippen molar-refractivity contribution in [3.05, 3.63) is 35.6 Å². The monoisotopic (exact) mass is 295 g/mol. The Balaban J connectivity index is 2.45. The lowest BCUT2D eigenvalue weighted by atomic mass is 10.0. The highest BCUT2D eigenvalue weighted by Crippen LogP contribution is 2.06. The van der Waals surface area contributed by atoms with Gasteiger partial charge in [-0.05, 0) is 36.5 Å². The number of rotatable bonds is 7. The minimum Gasteiger partial charge on any atom is -0.354 e. The van der Waals surface area contributed by atoms with Crippen LogP contribution < -0.4 is 16.4 Å². The van der Waals surface area contributed by atoms with Gasteiger partial charge in [0.2, 0.25) is 5.91 Å². The number of amides is 3. The Kier molecular flexibility index (Phi) is 6.65. The van der Waals surface area contributed by atoms with E-state index in [9.17, 15) is 14.0 Å². The fraction of sp³-hybridized carbons (Fsp3) is 0.467. The van der Waals surface area contributed by atoms with Crippen molar-refractivity contribution in [3.63, 3.8) is 0 Å². The minimum atomic E-state index is -0.714. The first kappa shape index (κ1) is 16.9. The standard InChI is InChI=1S/C15H22FN3O2/c1-10(2)9-13(19-15(17)21)14(20)18-8-7-11-3-5-12(16)6-4-11/h3-6,10,13H,7-9H2,1-2H3,(H,18,20)(H3,17,19,21)/t13-/m0/s1. The predicted octanol–water partition coefficient (Wildman–Crippen LogP) is 1.57. The molecule has 1 atom stereocenters. The lowest BCUT2D eigenvalue weighted by Crippen LogP contribution is -2.49. The zero-order chi connectivity index (χ0) is 15.8. The third-order valence-electron chi connectivity index (χ3n) is 2.97. The van der Waals surface area contributed by atoms with Gasteiger partial charge >= 0.3 is 6.03 Å². The molecule has 21 heavy (non-hydrogen) atoms. The van der Waals surface area contributed by atoms with Crippen LogP contribution in [0.15, 0.2) is 24.3 Å². The molecule has 0 unspecified atom stereocenters. The molecule has 6 heteroatoms. The van der Waals surface area contributed by atoms with Crippen molar-refractivity contribution in [1.29, 1.82) is 0 Å². The maximum atomic E-state index is 12.8. The second-order valence-corrected chi connectivity index (χ2v) is 5.36. The second-order valence-electron chi connectivity index (χ2n) is 5.36. The zero-order valence-electron chi connectivity index (χ0n) is 12.4. The van der Waals surface area contributed by atoms with E-state index in [1.54, 1.807) is 12.1 Å². The first-order valence-corrected chi connectivity index (χ1v) is 6.96. The number of carbonyl (C=O) groups excluding carboxylic acids is 2. The molecule has 0 bridgehead atoms. The van der Waals surface area contributed by atoms with Crippen molar-refractivity contribution in [2.75, 3.05) is 6.54 Å². The minimum absolute atomic E-state index is 0.254. The Labute approximate surface area is 124 Å². The van der Waals surface area contributed by atoms with Crippen LogP contribution >= 0.6 is 0 Å². The first-order valence-electron chi connectivity index (χ1n) is 6.96. The molecular weight excluding hydrogens is 273 g/mol. The molecule has 0 spiro atoms. The van der Waals surface area contributed by atoms with Crippen molar-refractivity contribution < 1.29 is 14.0 Å². The normalized spacial score (nSPS) is 12.0. The molecule has 0 aromatic heterocycles. The molecule has 3 amide bonds. The van der Waals surface area contributed by atoms with E-state index >= 15 is 0 Å². The van der Waals surface area contributed by atoms with Crippen molar-refractivity contribution in [3.8, 4) is 0 Å². The first-order chi connectivity index (χ1) is 9.88. The summed E-state index contributed by atoms with van der Waals surface area (Å²) in [6.07, 6.45) is 1.11. The van der Waals surface area contributed by atoms with Crippen LogP contribution in [-0.4, -0.2) is 24.5 Å². The molecule has 0 aliphatic carbocycles. The Morgan fingerprint density at radius 3 is 2.38 bits per heavy atom. The van der Waals surface area contributed by atoms with Crippen LogP contribution in [-0.2, 0) is 11.2 Å². The van der Waals surface area contributed by atoms with Gasteiger partial charge in [-0.3, -0.25) is 4.79 Å². The summed E-state index contributed by atoms with van der Waals surface area (Å²) in [6.45, 7) is 4.34. The van der Waals surface area contributed by atoms with Crippen molar-refractivity contribution in [2.45, 2.75) is 32.7 Å². The van der Waals surface area contributed by atoms with E-state index in [-0.39, 0.29) is 17.6 Å². The molecule has 1 aromatic carbocycles. The van der Waals surface area contributed by atoms with Gasteiger partial charge in [0.25, 0.3) is 0 Å². The zero-order valence-corrected chi connectivity index (χ0v) is 12.4. The van der Waals surface area contributed by atoms with Crippen LogP contribution in [0.25, 0.3) is 0 Å². The SMILES string of the molecule is CC(C)C[C@H](NC(N)=O)C(=O)NCCc1ccc(F)cc1. The Bertz CT molecular complexity index is 474. The lowest BCUT2D eigenvalue weighted by Gasteiger charge is -2.19. The summed E-state index contributed by atoms with van der Waals surface area (Å²) in [5.41, 5.74) is 6.01. The van der Waals surface area contributed by atoms with E-state index in [0.717, 1.165) is 5.56 Å². The molecule has 0 aliphatic heterocycles. The van der Waals surface area contributed by atoms with Crippen LogP contribution in [0.3, 0.4) is 0 Å². The third-order valence-corrected chi connectivity index (χ3v) is 2.97. The molecule has 1 rings (SSSR count). The molecule has 1 aromatic rings. The van der Waals surface area contributed by atoms with E-state index in [0.29, 0.717) is 19.4 Å². The number of carbonyl (C=O) groups is 2. The number of halogens is 1. The Hall–Kier alpha value is -2.11. The van der Waals surface area contributed by atoms with Crippen molar-refractivity contribution in [1.82, 2.24) is 10.6 Å². The highest BCUT2D eigenvalue weighted by molar-refractivity contribution is 5.86. The topological polar surface area (TPSA) is 84.2 Å². The molecule has 5 nitrogen and oxygen atoms in total. The smallest absolute Gasteiger partial charge is 0.312 e. The van der Waals surface area contributed by atoms with Gasteiger partial charge in [-0.2, -0.15) is 0 Å². The van der Waals surface area contributed by atoms with Gasteiger partial charge in [0.05, 0.1) is 0 Å². The molecular formula is C15H22FN3O2. The van der Waals surface area contributed by atoms with Gasteiger partial charge < -0.3 is 16.4 Å². The van der Waals surface area contributed by atoms with E-state index in [1.165, 1.54) is 12.1 Å². The summed E-state index contributed by atoms with van der Waals surface area (Å²) in [5.74, 6) is -0.292. The van der Waals surface area contributed by atoms with Crippen LogP contribution in [0.5, 0.6) is 0 Å². The summed E-state index contributed by atoms with van der Waals surface area (Å²) in [5, 5.41) is 5.20. The molecule has 0 radical (unpaired) electrons. The molecule has 4 N–H and O–H groups in total. The molecule has 0 heterocycles. The van der Waals surface area contributed by atoms with Crippen LogP contribution in [0, 0.1) is 11.7 Å². The average Bonchev–Trinajstić information content (AvgIpc) is 2.39. The third kappa shape index (κ3) is 6.74. The van der Waals surface area contributed by atoms with Crippen molar-refractivity contribution >= 4 is 11.9 Å². The molecule has 0 aliphatic rings. The summed E-state index contributed by atoms with van der Waals surface area (Å²) in [6, 6.07) is 4.77. The predicted molar refractivity (Wildman–Crippen MR) is 79.1 cm³/mol.